The molecule has 4 heteroatoms. The third-order valence-electron chi connectivity index (χ3n) is 15.0. The molecule has 0 fully saturated rings. The van der Waals surface area contributed by atoms with Crippen molar-refractivity contribution in [2.75, 3.05) is 9.80 Å². The minimum atomic E-state index is -0.350. The maximum atomic E-state index is 6.91. The van der Waals surface area contributed by atoms with E-state index in [1.54, 1.807) is 0 Å². The number of rotatable bonds is 6. The predicted octanol–water partition coefficient (Wildman–Crippen LogP) is 18.8. The summed E-state index contributed by atoms with van der Waals surface area (Å²) < 4.78 is 13.7. The van der Waals surface area contributed by atoms with Gasteiger partial charge in [-0.25, -0.2) is 0 Å². The number of anilines is 6. The second-order valence-electron chi connectivity index (χ2n) is 19.3. The minimum absolute atomic E-state index is 0.350. The maximum absolute atomic E-state index is 6.91. The van der Waals surface area contributed by atoms with Gasteiger partial charge < -0.3 is 18.6 Å². The van der Waals surface area contributed by atoms with Gasteiger partial charge in [0.05, 0.1) is 17.1 Å². The molecule has 0 saturated carbocycles. The lowest BCUT2D eigenvalue weighted by molar-refractivity contribution is 0.665. The molecule has 328 valence electrons. The van der Waals surface area contributed by atoms with E-state index in [0.717, 1.165) is 89.1 Å². The number of hydrogen-bond acceptors (Lipinski definition) is 4. The number of para-hydroxylation sites is 6. The van der Waals surface area contributed by atoms with Crippen LogP contribution < -0.4 is 9.80 Å². The fourth-order valence-corrected chi connectivity index (χ4v) is 12.0. The summed E-state index contributed by atoms with van der Waals surface area (Å²) in [6.07, 6.45) is 0. The van der Waals surface area contributed by atoms with Crippen molar-refractivity contribution in [3.8, 4) is 11.1 Å². The largest absolute Gasteiger partial charge is 0.454 e. The Balaban J connectivity index is 1.03. The first-order valence-corrected chi connectivity index (χ1v) is 23.9. The molecule has 1 aliphatic carbocycles. The van der Waals surface area contributed by atoms with E-state index < -0.39 is 0 Å². The SMILES string of the molecule is Cc1cccc2c1oc1c(N(c3ccccc3)c3ccc4c5c(c6ccccc6c4c3)-c3cc(N(c4ccccc4)c4cccc6c4oc4c(C)cccc46)c4ccccc4c3C5(C)C)cccc12. The van der Waals surface area contributed by atoms with Crippen LogP contribution in [0.25, 0.3) is 87.3 Å². The highest BCUT2D eigenvalue weighted by Gasteiger charge is 2.41. The van der Waals surface area contributed by atoms with Crippen molar-refractivity contribution in [3.05, 3.63) is 229 Å². The van der Waals surface area contributed by atoms with Crippen molar-refractivity contribution in [2.45, 2.75) is 33.1 Å². The summed E-state index contributed by atoms with van der Waals surface area (Å²) in [6, 6.07) is 75.0. The Morgan fingerprint density at radius 3 is 1.39 bits per heavy atom. The monoisotopic (exact) mass is 886 g/mol. The van der Waals surface area contributed by atoms with Gasteiger partial charge in [0.25, 0.3) is 0 Å². The van der Waals surface area contributed by atoms with Crippen LogP contribution in [0.15, 0.2) is 215 Å². The van der Waals surface area contributed by atoms with E-state index in [-0.39, 0.29) is 5.41 Å². The highest BCUT2D eigenvalue weighted by molar-refractivity contribution is 6.22. The quantitative estimate of drug-likeness (QED) is 0.156. The molecule has 2 heterocycles. The van der Waals surface area contributed by atoms with Crippen LogP contribution in [0.1, 0.15) is 36.1 Å². The molecule has 0 saturated heterocycles. The summed E-state index contributed by atoms with van der Waals surface area (Å²) in [6.45, 7) is 9.11. The molecule has 11 aromatic carbocycles. The Labute approximate surface area is 399 Å². The zero-order valence-electron chi connectivity index (χ0n) is 38.8. The topological polar surface area (TPSA) is 32.8 Å². The molecule has 0 atom stereocenters. The number of aryl methyl sites for hydroxylation is 2. The van der Waals surface area contributed by atoms with Crippen LogP contribution in [0, 0.1) is 13.8 Å². The van der Waals surface area contributed by atoms with Gasteiger partial charge in [-0.05, 0) is 129 Å². The summed E-state index contributed by atoms with van der Waals surface area (Å²) >= 11 is 0. The Morgan fingerprint density at radius 2 is 0.783 bits per heavy atom. The molecule has 0 amide bonds. The zero-order chi connectivity index (χ0) is 46.1. The Hall–Kier alpha value is -8.60. The van der Waals surface area contributed by atoms with Crippen molar-refractivity contribution in [2.24, 2.45) is 0 Å². The average molecular weight is 887 g/mol. The van der Waals surface area contributed by atoms with Gasteiger partial charge >= 0.3 is 0 Å². The smallest absolute Gasteiger partial charge is 0.159 e. The Morgan fingerprint density at radius 1 is 0.319 bits per heavy atom. The lowest BCUT2D eigenvalue weighted by Gasteiger charge is -2.30. The number of fused-ring (bicyclic) bond motifs is 16. The van der Waals surface area contributed by atoms with Gasteiger partial charge in [-0.15, -0.1) is 0 Å². The summed E-state index contributed by atoms with van der Waals surface area (Å²) in [5.41, 5.74) is 17.1. The molecule has 0 spiro atoms. The number of furan rings is 2. The van der Waals surface area contributed by atoms with Gasteiger partial charge in [-0.1, -0.05) is 166 Å². The fraction of sp³-hybridized carbons (Fsp3) is 0.0769. The maximum Gasteiger partial charge on any atom is 0.159 e. The summed E-state index contributed by atoms with van der Waals surface area (Å²) in [5.74, 6) is 0. The lowest BCUT2D eigenvalue weighted by Crippen LogP contribution is -2.17. The molecule has 2 aromatic heterocycles. The molecule has 0 bridgehead atoms. The second-order valence-corrected chi connectivity index (χ2v) is 19.3. The standard InChI is InChI=1S/C65H46N2O2/c1-39-19-15-29-49-51-31-17-33-55(63(51)68-61(39)49)66(41-21-7-5-8-22-41)43-35-36-48-53(37-43)44-25-11-13-27-46(44)58-54-38-57(45-26-12-14-28-47(45)59(54)65(3,4)60(48)58)67(42-23-9-6-10-24-42)56-34-18-32-52-50-30-16-20-40(2)62(50)69-64(52)56/h5-38H,1-4H3. The fourth-order valence-electron chi connectivity index (χ4n) is 12.0. The van der Waals surface area contributed by atoms with Crippen LogP contribution in [0.5, 0.6) is 0 Å². The van der Waals surface area contributed by atoms with E-state index in [0.29, 0.717) is 0 Å². The Bertz CT molecular complexity index is 4260. The first kappa shape index (κ1) is 39.6. The van der Waals surface area contributed by atoms with E-state index in [9.17, 15) is 0 Å². The number of hydrogen-bond donors (Lipinski definition) is 0. The van der Waals surface area contributed by atoms with Crippen molar-refractivity contribution in [3.63, 3.8) is 0 Å². The molecule has 0 unspecified atom stereocenters. The molecular formula is C65H46N2O2. The van der Waals surface area contributed by atoms with Gasteiger partial charge in [0, 0.05) is 49.4 Å². The van der Waals surface area contributed by atoms with Crippen LogP contribution in [0.3, 0.4) is 0 Å². The van der Waals surface area contributed by atoms with Crippen LogP contribution in [-0.2, 0) is 5.41 Å². The van der Waals surface area contributed by atoms with Crippen molar-refractivity contribution < 1.29 is 8.83 Å². The van der Waals surface area contributed by atoms with Crippen LogP contribution in [0.4, 0.5) is 34.1 Å². The van der Waals surface area contributed by atoms with Gasteiger partial charge in [-0.2, -0.15) is 0 Å². The third kappa shape index (κ3) is 5.63. The zero-order valence-corrected chi connectivity index (χ0v) is 38.8. The number of nitrogens with zero attached hydrogens (tertiary/aromatic N) is 2. The molecule has 0 N–H and O–H groups in total. The first-order valence-electron chi connectivity index (χ1n) is 23.9. The van der Waals surface area contributed by atoms with Crippen molar-refractivity contribution >= 4 is 110 Å². The molecule has 14 rings (SSSR count). The molecule has 1 aliphatic rings. The molecule has 4 nitrogen and oxygen atoms in total. The average Bonchev–Trinajstić information content (AvgIpc) is 4.05. The van der Waals surface area contributed by atoms with Crippen LogP contribution in [-0.4, -0.2) is 0 Å². The number of benzene rings is 11. The lowest BCUT2D eigenvalue weighted by atomic mass is 9.77. The molecule has 13 aromatic rings. The Kier molecular flexibility index (Phi) is 8.43. The highest BCUT2D eigenvalue weighted by Crippen LogP contribution is 2.59. The summed E-state index contributed by atoms with van der Waals surface area (Å²) in [4.78, 5) is 4.79. The summed E-state index contributed by atoms with van der Waals surface area (Å²) in [7, 11) is 0. The van der Waals surface area contributed by atoms with Crippen molar-refractivity contribution in [1.29, 1.82) is 0 Å². The molecule has 0 radical (unpaired) electrons. The first-order chi connectivity index (χ1) is 33.8. The van der Waals surface area contributed by atoms with Gasteiger partial charge in [0.1, 0.15) is 11.2 Å². The van der Waals surface area contributed by atoms with E-state index in [2.05, 4.69) is 244 Å². The van der Waals surface area contributed by atoms with Crippen LogP contribution in [0.2, 0.25) is 0 Å². The van der Waals surface area contributed by atoms with Gasteiger partial charge in [0.2, 0.25) is 0 Å². The molecular weight excluding hydrogens is 841 g/mol. The predicted molar refractivity (Wildman–Crippen MR) is 290 cm³/mol. The third-order valence-corrected chi connectivity index (χ3v) is 15.0. The summed E-state index contributed by atoms with van der Waals surface area (Å²) in [5, 5.41) is 11.9. The van der Waals surface area contributed by atoms with Crippen LogP contribution >= 0.6 is 0 Å². The van der Waals surface area contributed by atoms with E-state index in [4.69, 9.17) is 8.83 Å². The second kappa shape index (κ2) is 14.7. The van der Waals surface area contributed by atoms with Gasteiger partial charge in [0.15, 0.2) is 11.2 Å². The van der Waals surface area contributed by atoms with E-state index in [1.807, 2.05) is 0 Å². The van der Waals surface area contributed by atoms with Crippen molar-refractivity contribution in [1.82, 2.24) is 0 Å². The highest BCUT2D eigenvalue weighted by atomic mass is 16.3. The minimum Gasteiger partial charge on any atom is -0.454 e. The molecule has 0 aliphatic heterocycles. The normalized spacial score (nSPS) is 13.0. The van der Waals surface area contributed by atoms with Gasteiger partial charge in [-0.3, -0.25) is 0 Å². The van der Waals surface area contributed by atoms with E-state index >= 15 is 0 Å². The van der Waals surface area contributed by atoms with E-state index in [1.165, 1.54) is 54.6 Å². The molecule has 69 heavy (non-hydrogen) atoms.